The predicted octanol–water partition coefficient (Wildman–Crippen LogP) is -0.499. The highest BCUT2D eigenvalue weighted by molar-refractivity contribution is 5.73. The van der Waals surface area contributed by atoms with Gasteiger partial charge in [-0.3, -0.25) is 4.79 Å². The number of nitrogens with zero attached hydrogens (tertiary/aromatic N) is 2. The van der Waals surface area contributed by atoms with Gasteiger partial charge in [-0.25, -0.2) is 4.79 Å². The van der Waals surface area contributed by atoms with Crippen LogP contribution in [0.4, 0.5) is 4.79 Å². The van der Waals surface area contributed by atoms with Crippen LogP contribution in [-0.2, 0) is 4.79 Å². The third-order valence-electron chi connectivity index (χ3n) is 1.70. The third-order valence-corrected chi connectivity index (χ3v) is 1.70. The molecule has 0 unspecified atom stereocenters. The fourth-order valence-electron chi connectivity index (χ4n) is 0.792. The van der Waals surface area contributed by atoms with E-state index in [4.69, 9.17) is 10.8 Å². The van der Waals surface area contributed by atoms with Gasteiger partial charge in [0.15, 0.2) is 0 Å². The summed E-state index contributed by atoms with van der Waals surface area (Å²) in [5.41, 5.74) is 5.23. The summed E-state index contributed by atoms with van der Waals surface area (Å²) in [6.07, 6.45) is 0.680. The van der Waals surface area contributed by atoms with E-state index in [1.165, 1.54) is 7.05 Å². The summed E-state index contributed by atoms with van der Waals surface area (Å²) < 4.78 is 0. The Bertz CT molecular complexity index is 245. The van der Waals surface area contributed by atoms with E-state index in [1.54, 1.807) is 0 Å². The molecular weight excluding hydrogens is 204 g/mol. The van der Waals surface area contributed by atoms with Crippen LogP contribution in [0.2, 0.25) is 0 Å². The van der Waals surface area contributed by atoms with Crippen molar-refractivity contribution in [3.05, 3.63) is 4.91 Å². The fraction of sp³-hybridized carbons (Fsp3) is 0.714. The molecule has 4 N–H and O–H groups in total. The molecule has 0 aromatic rings. The molecule has 0 aromatic heterocycles. The van der Waals surface area contributed by atoms with E-state index in [0.717, 1.165) is 0 Å². The number of hydrogen-bond donors (Lipinski definition) is 3. The van der Waals surface area contributed by atoms with Gasteiger partial charge in [0, 0.05) is 13.6 Å². The Balaban J connectivity index is 3.59. The van der Waals surface area contributed by atoms with E-state index in [-0.39, 0.29) is 13.0 Å². The highest BCUT2D eigenvalue weighted by Crippen LogP contribution is 1.93. The Hall–Kier alpha value is -1.70. The summed E-state index contributed by atoms with van der Waals surface area (Å²) in [4.78, 5) is 31.1. The first-order valence-corrected chi connectivity index (χ1v) is 4.32. The zero-order chi connectivity index (χ0) is 11.8. The van der Waals surface area contributed by atoms with E-state index < -0.39 is 18.0 Å². The van der Waals surface area contributed by atoms with Crippen LogP contribution in [0.15, 0.2) is 5.29 Å². The molecule has 0 rings (SSSR count). The lowest BCUT2D eigenvalue weighted by Crippen LogP contribution is -2.35. The topological polar surface area (TPSA) is 125 Å². The van der Waals surface area contributed by atoms with Gasteiger partial charge in [-0.1, -0.05) is 0 Å². The van der Waals surface area contributed by atoms with Gasteiger partial charge in [-0.2, -0.15) is 5.01 Å². The molecular formula is C7H14N4O4. The first kappa shape index (κ1) is 13.3. The average molecular weight is 218 g/mol. The molecule has 0 radical (unpaired) electrons. The van der Waals surface area contributed by atoms with Gasteiger partial charge in [0.05, 0.1) is 5.29 Å². The Morgan fingerprint density at radius 3 is 2.67 bits per heavy atom. The minimum atomic E-state index is -1.08. The number of carboxylic acid groups (broad SMARTS) is 1. The predicted molar refractivity (Wildman–Crippen MR) is 51.8 cm³/mol. The zero-order valence-corrected chi connectivity index (χ0v) is 8.34. The molecule has 86 valence electrons. The Morgan fingerprint density at radius 1 is 1.60 bits per heavy atom. The number of carbonyl (C=O) groups excluding carboxylic acids is 1. The maximum atomic E-state index is 10.9. The zero-order valence-electron chi connectivity index (χ0n) is 8.34. The van der Waals surface area contributed by atoms with Crippen LogP contribution < -0.4 is 11.1 Å². The maximum absolute atomic E-state index is 10.9. The average Bonchev–Trinajstić information content (AvgIpc) is 2.22. The summed E-state index contributed by atoms with van der Waals surface area (Å²) in [5, 5.41) is 13.8. The largest absolute Gasteiger partial charge is 0.480 e. The number of carboxylic acids is 1. The first-order chi connectivity index (χ1) is 6.99. The number of amides is 2. The van der Waals surface area contributed by atoms with Crippen LogP contribution >= 0.6 is 0 Å². The van der Waals surface area contributed by atoms with Crippen LogP contribution in [0.25, 0.3) is 0 Å². The van der Waals surface area contributed by atoms with Gasteiger partial charge in [0.2, 0.25) is 0 Å². The number of aliphatic carboxylic acids is 1. The van der Waals surface area contributed by atoms with E-state index in [0.29, 0.717) is 11.4 Å². The van der Waals surface area contributed by atoms with Gasteiger partial charge < -0.3 is 16.2 Å². The molecule has 0 saturated carbocycles. The van der Waals surface area contributed by atoms with E-state index in [1.807, 2.05) is 0 Å². The number of urea groups is 1. The van der Waals surface area contributed by atoms with Crippen molar-refractivity contribution in [3.8, 4) is 0 Å². The number of rotatable bonds is 6. The minimum Gasteiger partial charge on any atom is -0.480 e. The number of nitroso groups, excluding NO2 is 1. The monoisotopic (exact) mass is 218 g/mol. The summed E-state index contributed by atoms with van der Waals surface area (Å²) in [7, 11) is 1.21. The molecule has 0 aliphatic rings. The SMILES string of the molecule is CN(N=O)C(=O)NCCC[C@H](N)C(=O)O. The molecule has 0 aliphatic heterocycles. The van der Waals surface area contributed by atoms with Crippen molar-refractivity contribution in [3.63, 3.8) is 0 Å². The van der Waals surface area contributed by atoms with Gasteiger partial charge in [0.1, 0.15) is 6.04 Å². The molecule has 0 aromatic carbocycles. The van der Waals surface area contributed by atoms with E-state index in [2.05, 4.69) is 10.6 Å². The first-order valence-electron chi connectivity index (χ1n) is 4.32. The lowest BCUT2D eigenvalue weighted by molar-refractivity contribution is -0.138. The summed E-state index contributed by atoms with van der Waals surface area (Å²) in [6.45, 7) is 0.250. The van der Waals surface area contributed by atoms with Crippen molar-refractivity contribution in [2.45, 2.75) is 18.9 Å². The normalized spacial score (nSPS) is 11.6. The molecule has 0 heterocycles. The quantitative estimate of drug-likeness (QED) is 0.315. The molecule has 0 saturated heterocycles. The fourth-order valence-corrected chi connectivity index (χ4v) is 0.792. The van der Waals surface area contributed by atoms with Crippen LogP contribution in [0, 0.1) is 4.91 Å². The molecule has 2 amide bonds. The van der Waals surface area contributed by atoms with Crippen LogP contribution in [0.1, 0.15) is 12.8 Å². The second-order valence-electron chi connectivity index (χ2n) is 2.92. The maximum Gasteiger partial charge on any atom is 0.340 e. The van der Waals surface area contributed by atoms with Crippen molar-refractivity contribution in [2.24, 2.45) is 11.0 Å². The van der Waals surface area contributed by atoms with Gasteiger partial charge in [-0.15, -0.1) is 4.91 Å². The number of nitrogens with two attached hydrogens (primary N) is 1. The lowest BCUT2D eigenvalue weighted by Gasteiger charge is -2.09. The summed E-state index contributed by atoms with van der Waals surface area (Å²) >= 11 is 0. The molecule has 0 fully saturated rings. The molecule has 1 atom stereocenters. The molecule has 0 spiro atoms. The second kappa shape index (κ2) is 6.71. The summed E-state index contributed by atoms with van der Waals surface area (Å²) in [5.74, 6) is -1.08. The minimum absolute atomic E-state index is 0.250. The van der Waals surface area contributed by atoms with Gasteiger partial charge in [-0.05, 0) is 12.8 Å². The van der Waals surface area contributed by atoms with Gasteiger partial charge >= 0.3 is 12.0 Å². The van der Waals surface area contributed by atoms with Crippen molar-refractivity contribution >= 4 is 12.0 Å². The van der Waals surface area contributed by atoms with Crippen LogP contribution in [-0.4, -0.2) is 41.8 Å². The highest BCUT2D eigenvalue weighted by atomic mass is 16.4. The third kappa shape index (κ3) is 5.57. The van der Waals surface area contributed by atoms with Crippen molar-refractivity contribution < 1.29 is 14.7 Å². The lowest BCUT2D eigenvalue weighted by atomic mass is 10.2. The van der Waals surface area contributed by atoms with E-state index >= 15 is 0 Å². The van der Waals surface area contributed by atoms with Crippen molar-refractivity contribution in [1.82, 2.24) is 10.3 Å². The van der Waals surface area contributed by atoms with Gasteiger partial charge in [0.25, 0.3) is 0 Å². The Labute approximate surface area is 86.4 Å². The molecule has 8 nitrogen and oxygen atoms in total. The van der Waals surface area contributed by atoms with E-state index in [9.17, 15) is 14.5 Å². The molecule has 8 heteroatoms. The van der Waals surface area contributed by atoms with Crippen molar-refractivity contribution in [1.29, 1.82) is 0 Å². The number of nitrogens with one attached hydrogen (secondary N) is 1. The molecule has 0 aliphatic carbocycles. The molecule has 0 bridgehead atoms. The standard InChI is InChI=1S/C7H14N4O4/c1-11(10-15)7(14)9-4-2-3-5(8)6(12)13/h5H,2-4,8H2,1H3,(H,9,14)(H,12,13)/t5-/m0/s1. The van der Waals surface area contributed by atoms with Crippen LogP contribution in [0.5, 0.6) is 0 Å². The van der Waals surface area contributed by atoms with Crippen LogP contribution in [0.3, 0.4) is 0 Å². The highest BCUT2D eigenvalue weighted by Gasteiger charge is 2.11. The second-order valence-corrected chi connectivity index (χ2v) is 2.92. The summed E-state index contributed by atoms with van der Waals surface area (Å²) in [6, 6.07) is -1.56. The Kier molecular flexibility index (Phi) is 5.95. The number of carbonyl (C=O) groups is 2. The van der Waals surface area contributed by atoms with Crippen molar-refractivity contribution in [2.75, 3.05) is 13.6 Å². The smallest absolute Gasteiger partial charge is 0.340 e. The number of hydrogen-bond acceptors (Lipinski definition) is 5. The Morgan fingerprint density at radius 2 is 2.20 bits per heavy atom. The molecule has 15 heavy (non-hydrogen) atoms.